The Kier molecular flexibility index (Phi) is 5.02. The summed E-state index contributed by atoms with van der Waals surface area (Å²) in [6, 6.07) is 4.17. The Morgan fingerprint density at radius 2 is 2.32 bits per heavy atom. The van der Waals surface area contributed by atoms with Crippen LogP contribution in [0.5, 0.6) is 0 Å². The summed E-state index contributed by atoms with van der Waals surface area (Å²) in [5, 5.41) is 3.77. The molecule has 0 spiro atoms. The van der Waals surface area contributed by atoms with E-state index in [1.165, 1.54) is 24.1 Å². The Balaban J connectivity index is 2.23. The van der Waals surface area contributed by atoms with Crippen LogP contribution in [0.15, 0.2) is 23.3 Å². The molecule has 1 saturated heterocycles. The molecule has 0 saturated carbocycles. The highest BCUT2D eigenvalue weighted by Crippen LogP contribution is 2.32. The van der Waals surface area contributed by atoms with Gasteiger partial charge in [0.25, 0.3) is 5.92 Å². The molecule has 0 radical (unpaired) electrons. The Labute approximate surface area is 125 Å². The van der Waals surface area contributed by atoms with Gasteiger partial charge in [-0.25, -0.2) is 18.6 Å². The molecule has 0 bridgehead atoms. The van der Waals surface area contributed by atoms with E-state index in [9.17, 15) is 18.0 Å². The molecule has 0 aliphatic carbocycles. The zero-order chi connectivity index (χ0) is 16.2. The van der Waals surface area contributed by atoms with Gasteiger partial charge in [-0.05, 0) is 12.1 Å². The second-order valence-corrected chi connectivity index (χ2v) is 4.93. The molecule has 22 heavy (non-hydrogen) atoms. The number of amides is 1. The first-order valence-corrected chi connectivity index (χ1v) is 6.64. The quantitative estimate of drug-likeness (QED) is 0.494. The first-order valence-electron chi connectivity index (χ1n) is 6.64. The zero-order valence-corrected chi connectivity index (χ0v) is 12.0. The molecule has 1 aliphatic rings. The van der Waals surface area contributed by atoms with Crippen LogP contribution in [0.25, 0.3) is 0 Å². The van der Waals surface area contributed by atoms with Gasteiger partial charge in [0.2, 0.25) is 6.41 Å². The van der Waals surface area contributed by atoms with Crippen LogP contribution in [0, 0.1) is 5.82 Å². The lowest BCUT2D eigenvalue weighted by atomic mass is 10.1. The molecule has 120 valence electrons. The number of anilines is 1. The third kappa shape index (κ3) is 3.76. The number of methoxy groups -OCH3 is 1. The Bertz CT molecular complexity index is 578. The molecule has 1 N–H and O–H groups in total. The SMILES string of the molecule is COC/C(=N\NC=O)c1ccc(N2CCC(F)(F)C2)c(F)c1. The number of hydrazone groups is 1. The van der Waals surface area contributed by atoms with Crippen molar-refractivity contribution in [1.82, 2.24) is 5.43 Å². The Hall–Kier alpha value is -2.09. The minimum atomic E-state index is -2.79. The average molecular weight is 315 g/mol. The van der Waals surface area contributed by atoms with Crippen LogP contribution < -0.4 is 10.3 Å². The van der Waals surface area contributed by atoms with Gasteiger partial charge in [-0.15, -0.1) is 0 Å². The molecule has 8 heteroatoms. The predicted molar refractivity (Wildman–Crippen MR) is 75.8 cm³/mol. The molecular weight excluding hydrogens is 299 g/mol. The summed E-state index contributed by atoms with van der Waals surface area (Å²) in [5.74, 6) is -3.41. The van der Waals surface area contributed by atoms with Gasteiger partial charge in [0.1, 0.15) is 5.82 Å². The third-order valence-electron chi connectivity index (χ3n) is 3.32. The molecule has 0 atom stereocenters. The number of benzene rings is 1. The fraction of sp³-hybridized carbons (Fsp3) is 0.429. The van der Waals surface area contributed by atoms with Gasteiger partial charge in [0.05, 0.1) is 24.6 Å². The van der Waals surface area contributed by atoms with Crippen LogP contribution in [-0.4, -0.2) is 44.9 Å². The van der Waals surface area contributed by atoms with E-state index in [-0.39, 0.29) is 25.3 Å². The van der Waals surface area contributed by atoms with Crippen molar-refractivity contribution in [3.63, 3.8) is 0 Å². The van der Waals surface area contributed by atoms with Gasteiger partial charge in [0, 0.05) is 25.6 Å². The molecule has 0 unspecified atom stereocenters. The maximum Gasteiger partial charge on any atom is 0.266 e. The van der Waals surface area contributed by atoms with Gasteiger partial charge < -0.3 is 9.64 Å². The van der Waals surface area contributed by atoms with Crippen LogP contribution >= 0.6 is 0 Å². The number of carbonyl (C=O) groups excluding carboxylic acids is 1. The van der Waals surface area contributed by atoms with E-state index in [4.69, 9.17) is 4.74 Å². The molecule has 1 aromatic rings. The maximum absolute atomic E-state index is 14.2. The molecule has 5 nitrogen and oxygen atoms in total. The van der Waals surface area contributed by atoms with Crippen molar-refractivity contribution in [3.05, 3.63) is 29.6 Å². The molecule has 1 heterocycles. The van der Waals surface area contributed by atoms with Crippen LogP contribution in [0.1, 0.15) is 12.0 Å². The summed E-state index contributed by atoms with van der Waals surface area (Å²) in [6.07, 6.45) is 0.0977. The third-order valence-corrected chi connectivity index (χ3v) is 3.32. The number of halogens is 3. The molecular formula is C14H16F3N3O2. The van der Waals surface area contributed by atoms with Crippen molar-refractivity contribution in [2.45, 2.75) is 12.3 Å². The van der Waals surface area contributed by atoms with E-state index >= 15 is 0 Å². The van der Waals surface area contributed by atoms with E-state index < -0.39 is 18.3 Å². The molecule has 1 amide bonds. The number of alkyl halides is 2. The van der Waals surface area contributed by atoms with Gasteiger partial charge in [0.15, 0.2) is 0 Å². The smallest absolute Gasteiger partial charge is 0.266 e. The highest BCUT2D eigenvalue weighted by Gasteiger charge is 2.39. The first-order chi connectivity index (χ1) is 10.5. The lowest BCUT2D eigenvalue weighted by molar-refractivity contribution is -0.109. The highest BCUT2D eigenvalue weighted by molar-refractivity contribution is 6.02. The molecule has 1 fully saturated rings. The minimum Gasteiger partial charge on any atom is -0.378 e. The Morgan fingerprint density at radius 3 is 2.86 bits per heavy atom. The van der Waals surface area contributed by atoms with E-state index in [1.807, 2.05) is 0 Å². The average Bonchev–Trinajstić information content (AvgIpc) is 2.83. The summed E-state index contributed by atoms with van der Waals surface area (Å²) in [4.78, 5) is 11.6. The van der Waals surface area contributed by atoms with Crippen molar-refractivity contribution < 1.29 is 22.7 Å². The number of ether oxygens (including phenoxy) is 1. The fourth-order valence-electron chi connectivity index (χ4n) is 2.31. The molecule has 1 aliphatic heterocycles. The van der Waals surface area contributed by atoms with E-state index in [0.29, 0.717) is 17.7 Å². The van der Waals surface area contributed by atoms with Gasteiger partial charge >= 0.3 is 0 Å². The van der Waals surface area contributed by atoms with Crippen LogP contribution in [0.4, 0.5) is 18.9 Å². The minimum absolute atomic E-state index is 0.0708. The number of rotatable bonds is 6. The summed E-state index contributed by atoms with van der Waals surface area (Å²) in [6.45, 7) is -0.314. The molecule has 1 aromatic carbocycles. The van der Waals surface area contributed by atoms with E-state index in [0.717, 1.165) is 0 Å². The van der Waals surface area contributed by atoms with Crippen molar-refractivity contribution in [1.29, 1.82) is 0 Å². The monoisotopic (exact) mass is 315 g/mol. The summed E-state index contributed by atoms with van der Waals surface area (Å²) < 4.78 is 45.6. The second kappa shape index (κ2) is 6.78. The molecule has 2 rings (SSSR count). The van der Waals surface area contributed by atoms with Crippen molar-refractivity contribution >= 4 is 17.8 Å². The van der Waals surface area contributed by atoms with Gasteiger partial charge in [-0.3, -0.25) is 4.79 Å². The number of nitrogens with zero attached hydrogens (tertiary/aromatic N) is 2. The largest absolute Gasteiger partial charge is 0.378 e. The Morgan fingerprint density at radius 1 is 1.55 bits per heavy atom. The van der Waals surface area contributed by atoms with E-state index in [1.54, 1.807) is 6.07 Å². The lowest BCUT2D eigenvalue weighted by Crippen LogP contribution is -2.25. The summed E-state index contributed by atoms with van der Waals surface area (Å²) in [5.41, 5.74) is 2.98. The predicted octanol–water partition coefficient (Wildman–Crippen LogP) is 1.77. The number of hydrogen-bond donors (Lipinski definition) is 1. The topological polar surface area (TPSA) is 53.9 Å². The van der Waals surface area contributed by atoms with Gasteiger partial charge in [-0.2, -0.15) is 5.10 Å². The fourth-order valence-corrected chi connectivity index (χ4v) is 2.31. The van der Waals surface area contributed by atoms with Crippen LogP contribution in [-0.2, 0) is 9.53 Å². The number of nitrogens with one attached hydrogen (secondary N) is 1. The summed E-state index contributed by atoms with van der Waals surface area (Å²) >= 11 is 0. The second-order valence-electron chi connectivity index (χ2n) is 4.93. The number of hydrogen-bond acceptors (Lipinski definition) is 4. The zero-order valence-electron chi connectivity index (χ0n) is 12.0. The maximum atomic E-state index is 14.2. The first kappa shape index (κ1) is 16.3. The number of carbonyl (C=O) groups is 1. The van der Waals surface area contributed by atoms with Crippen molar-refractivity contribution in [2.24, 2.45) is 5.10 Å². The van der Waals surface area contributed by atoms with Crippen molar-refractivity contribution in [3.8, 4) is 0 Å². The standard InChI is InChI=1S/C14H16F3N3O2/c1-22-7-12(19-18-9-21)10-2-3-13(11(15)6-10)20-5-4-14(16,17)8-20/h2-3,6,9H,4-5,7-8H2,1H3,(H,18,21)/b19-12+. The van der Waals surface area contributed by atoms with Crippen LogP contribution in [0.2, 0.25) is 0 Å². The molecule has 0 aromatic heterocycles. The lowest BCUT2D eigenvalue weighted by Gasteiger charge is -2.19. The van der Waals surface area contributed by atoms with Crippen molar-refractivity contribution in [2.75, 3.05) is 31.7 Å². The normalized spacial score (nSPS) is 17.6. The van der Waals surface area contributed by atoms with Crippen LogP contribution in [0.3, 0.4) is 0 Å². The van der Waals surface area contributed by atoms with E-state index in [2.05, 4.69) is 10.5 Å². The highest BCUT2D eigenvalue weighted by atomic mass is 19.3. The summed E-state index contributed by atoms with van der Waals surface area (Å²) in [7, 11) is 1.44. The van der Waals surface area contributed by atoms with Gasteiger partial charge in [-0.1, -0.05) is 6.07 Å².